The summed E-state index contributed by atoms with van der Waals surface area (Å²) in [6, 6.07) is 23.2. The van der Waals surface area contributed by atoms with Crippen molar-refractivity contribution in [2.45, 2.75) is 11.7 Å². The first-order chi connectivity index (χ1) is 16.2. The lowest BCUT2D eigenvalue weighted by atomic mass is 10.2. The van der Waals surface area contributed by atoms with Crippen molar-refractivity contribution in [1.29, 1.82) is 0 Å². The second kappa shape index (κ2) is 10.7. The largest absolute Gasteiger partial charge is 0.497 e. The van der Waals surface area contributed by atoms with Crippen molar-refractivity contribution >= 4 is 40.1 Å². The van der Waals surface area contributed by atoms with Gasteiger partial charge in [-0.2, -0.15) is 0 Å². The summed E-state index contributed by atoms with van der Waals surface area (Å²) >= 11 is 1.28. The number of hydrogen-bond acceptors (Lipinski definition) is 7. The molecular weight excluding hydrogens is 436 g/mol. The molecule has 0 fully saturated rings. The minimum atomic E-state index is -0.192. The zero-order valence-corrected chi connectivity index (χ0v) is 19.2. The van der Waals surface area contributed by atoms with Crippen LogP contribution in [-0.2, 0) is 11.3 Å². The number of nitrogens with zero attached hydrogens (tertiary/aromatic N) is 2. The topological polar surface area (TPSA) is 85.4 Å². The van der Waals surface area contributed by atoms with Crippen molar-refractivity contribution < 1.29 is 14.3 Å². The van der Waals surface area contributed by atoms with Crippen molar-refractivity contribution in [1.82, 2.24) is 9.97 Å². The number of thioether (sulfide) groups is 1. The Hall–Kier alpha value is -3.78. The number of amides is 1. The highest BCUT2D eigenvalue weighted by molar-refractivity contribution is 7.99. The second-order valence-electron chi connectivity index (χ2n) is 7.11. The lowest BCUT2D eigenvalue weighted by molar-refractivity contribution is -0.113. The van der Waals surface area contributed by atoms with Crippen LogP contribution in [0.4, 0.5) is 11.5 Å². The standard InChI is InChI=1S/C25H24N4O3S/c1-31-18-12-13-22(32-2)21(14-18)27-23(30)16-33-25-28-20-11-7-6-10-19(20)24(29-25)26-15-17-8-4-3-5-9-17/h3-14H,15-16H2,1-2H3,(H,27,30)(H,26,28,29). The fourth-order valence-electron chi connectivity index (χ4n) is 3.26. The van der Waals surface area contributed by atoms with Gasteiger partial charge in [-0.05, 0) is 29.8 Å². The number of methoxy groups -OCH3 is 2. The molecule has 0 aliphatic carbocycles. The summed E-state index contributed by atoms with van der Waals surface area (Å²) in [5.41, 5.74) is 2.52. The monoisotopic (exact) mass is 460 g/mol. The van der Waals surface area contributed by atoms with Gasteiger partial charge >= 0.3 is 0 Å². The molecule has 4 aromatic rings. The maximum atomic E-state index is 12.6. The van der Waals surface area contributed by atoms with Crippen molar-refractivity contribution in [2.75, 3.05) is 30.6 Å². The maximum Gasteiger partial charge on any atom is 0.234 e. The average molecular weight is 461 g/mol. The Morgan fingerprint density at radius 1 is 0.939 bits per heavy atom. The Balaban J connectivity index is 1.48. The fraction of sp³-hybridized carbons (Fsp3) is 0.160. The van der Waals surface area contributed by atoms with Gasteiger partial charge in [-0.25, -0.2) is 9.97 Å². The molecule has 8 heteroatoms. The molecular formula is C25H24N4O3S. The molecule has 0 saturated carbocycles. The molecule has 0 saturated heterocycles. The van der Waals surface area contributed by atoms with Crippen molar-refractivity contribution in [2.24, 2.45) is 0 Å². The van der Waals surface area contributed by atoms with E-state index in [1.54, 1.807) is 32.4 Å². The summed E-state index contributed by atoms with van der Waals surface area (Å²) in [4.78, 5) is 21.9. The minimum absolute atomic E-state index is 0.150. The Labute approximate surface area is 196 Å². The number of fused-ring (bicyclic) bond motifs is 1. The number of rotatable bonds is 9. The van der Waals surface area contributed by atoms with Gasteiger partial charge in [0.25, 0.3) is 0 Å². The number of carbonyl (C=O) groups excluding carboxylic acids is 1. The van der Waals surface area contributed by atoms with Gasteiger partial charge in [-0.1, -0.05) is 54.2 Å². The van der Waals surface area contributed by atoms with Crippen LogP contribution in [0.15, 0.2) is 78.0 Å². The molecule has 168 valence electrons. The molecule has 0 radical (unpaired) electrons. The first-order valence-corrected chi connectivity index (χ1v) is 11.3. The van der Waals surface area contributed by atoms with Gasteiger partial charge < -0.3 is 20.1 Å². The molecule has 0 unspecified atom stereocenters. The van der Waals surface area contributed by atoms with Gasteiger partial charge in [-0.3, -0.25) is 4.79 Å². The molecule has 0 aliphatic rings. The summed E-state index contributed by atoms with van der Waals surface area (Å²) in [5, 5.41) is 7.73. The van der Waals surface area contributed by atoms with Crippen molar-refractivity contribution in [3.63, 3.8) is 0 Å². The van der Waals surface area contributed by atoms with E-state index in [2.05, 4.69) is 32.7 Å². The Kier molecular flexibility index (Phi) is 7.26. The van der Waals surface area contributed by atoms with E-state index >= 15 is 0 Å². The number of benzene rings is 3. The molecule has 33 heavy (non-hydrogen) atoms. The predicted octanol–water partition coefficient (Wildman–Crippen LogP) is 4.99. The number of ether oxygens (including phenoxy) is 2. The van der Waals surface area contributed by atoms with E-state index in [9.17, 15) is 4.79 Å². The molecule has 2 N–H and O–H groups in total. The Morgan fingerprint density at radius 3 is 2.52 bits per heavy atom. The molecule has 0 spiro atoms. The number of aromatic nitrogens is 2. The van der Waals surface area contributed by atoms with Gasteiger partial charge in [0, 0.05) is 18.0 Å². The third-order valence-electron chi connectivity index (χ3n) is 4.90. The summed E-state index contributed by atoms with van der Waals surface area (Å²) in [5.74, 6) is 1.88. The number of anilines is 2. The van der Waals surface area contributed by atoms with Gasteiger partial charge in [0.1, 0.15) is 17.3 Å². The molecule has 7 nitrogen and oxygen atoms in total. The Morgan fingerprint density at radius 2 is 1.73 bits per heavy atom. The van der Waals surface area contributed by atoms with Crippen LogP contribution in [0.3, 0.4) is 0 Å². The average Bonchev–Trinajstić information content (AvgIpc) is 2.86. The maximum absolute atomic E-state index is 12.6. The van der Waals surface area contributed by atoms with Crippen LogP contribution in [0.5, 0.6) is 11.5 Å². The molecule has 1 aromatic heterocycles. The smallest absolute Gasteiger partial charge is 0.234 e. The van der Waals surface area contributed by atoms with Gasteiger partial charge in [0.2, 0.25) is 5.91 Å². The number of nitrogens with one attached hydrogen (secondary N) is 2. The highest BCUT2D eigenvalue weighted by Gasteiger charge is 2.13. The first-order valence-electron chi connectivity index (χ1n) is 10.4. The summed E-state index contributed by atoms with van der Waals surface area (Å²) in [6.07, 6.45) is 0. The molecule has 0 aliphatic heterocycles. The van der Waals surface area contributed by atoms with Crippen LogP contribution in [0, 0.1) is 0 Å². The lowest BCUT2D eigenvalue weighted by Gasteiger charge is -2.12. The SMILES string of the molecule is COc1ccc(OC)c(NC(=O)CSc2nc(NCc3ccccc3)c3ccccc3n2)c1. The van der Waals surface area contributed by atoms with E-state index in [1.807, 2.05) is 42.5 Å². The lowest BCUT2D eigenvalue weighted by Crippen LogP contribution is -2.15. The van der Waals surface area contributed by atoms with Crippen molar-refractivity contribution in [3.8, 4) is 11.5 Å². The molecule has 4 rings (SSSR count). The third-order valence-corrected chi connectivity index (χ3v) is 5.75. The van der Waals surface area contributed by atoms with Crippen LogP contribution < -0.4 is 20.1 Å². The summed E-state index contributed by atoms with van der Waals surface area (Å²) < 4.78 is 10.6. The van der Waals surface area contributed by atoms with Crippen LogP contribution in [-0.4, -0.2) is 35.8 Å². The van der Waals surface area contributed by atoms with Crippen LogP contribution in [0.25, 0.3) is 10.9 Å². The van der Waals surface area contributed by atoms with Gasteiger partial charge in [-0.15, -0.1) is 0 Å². The summed E-state index contributed by atoms with van der Waals surface area (Å²) in [7, 11) is 3.13. The highest BCUT2D eigenvalue weighted by Crippen LogP contribution is 2.29. The van der Waals surface area contributed by atoms with E-state index in [0.29, 0.717) is 28.9 Å². The summed E-state index contributed by atoms with van der Waals surface area (Å²) in [6.45, 7) is 0.641. The Bertz CT molecular complexity index is 1250. The van der Waals surface area contributed by atoms with E-state index in [0.717, 1.165) is 22.3 Å². The number of carbonyl (C=O) groups is 1. The van der Waals surface area contributed by atoms with Gasteiger partial charge in [0.05, 0.1) is 31.2 Å². The number of para-hydroxylation sites is 1. The van der Waals surface area contributed by atoms with Crippen molar-refractivity contribution in [3.05, 3.63) is 78.4 Å². The highest BCUT2D eigenvalue weighted by atomic mass is 32.2. The quantitative estimate of drug-likeness (QED) is 0.269. The van der Waals surface area contributed by atoms with Crippen LogP contribution >= 0.6 is 11.8 Å². The second-order valence-corrected chi connectivity index (χ2v) is 8.06. The van der Waals surface area contributed by atoms with Crippen LogP contribution in [0.1, 0.15) is 5.56 Å². The van der Waals surface area contributed by atoms with Crippen LogP contribution in [0.2, 0.25) is 0 Å². The van der Waals surface area contributed by atoms with E-state index in [1.165, 1.54) is 11.8 Å². The molecule has 0 bridgehead atoms. The fourth-order valence-corrected chi connectivity index (χ4v) is 3.92. The molecule has 3 aromatic carbocycles. The zero-order chi connectivity index (χ0) is 23.0. The third kappa shape index (κ3) is 5.72. The van der Waals surface area contributed by atoms with E-state index in [4.69, 9.17) is 9.47 Å². The molecule has 1 heterocycles. The predicted molar refractivity (Wildman–Crippen MR) is 132 cm³/mol. The first kappa shape index (κ1) is 22.4. The van der Waals surface area contributed by atoms with Gasteiger partial charge in [0.15, 0.2) is 5.16 Å². The van der Waals surface area contributed by atoms with E-state index in [-0.39, 0.29) is 11.7 Å². The molecule has 0 atom stereocenters. The molecule has 1 amide bonds. The van der Waals surface area contributed by atoms with E-state index < -0.39 is 0 Å². The number of hydrogen-bond donors (Lipinski definition) is 2. The minimum Gasteiger partial charge on any atom is -0.497 e. The zero-order valence-electron chi connectivity index (χ0n) is 18.4. The normalized spacial score (nSPS) is 10.6.